The van der Waals surface area contributed by atoms with Crippen LogP contribution in [0.4, 0.5) is 5.69 Å². The third kappa shape index (κ3) is 2.96. The molecular weight excluding hydrogens is 324 g/mol. The SMILES string of the molecule is CCOC(=O)c1cnc2nnc3ccc(/N=N/C(C#N)C#N)cc3n12. The third-order valence-electron chi connectivity index (χ3n) is 3.21. The van der Waals surface area contributed by atoms with E-state index in [-0.39, 0.29) is 18.1 Å². The molecule has 25 heavy (non-hydrogen) atoms. The Kier molecular flexibility index (Phi) is 4.26. The van der Waals surface area contributed by atoms with Gasteiger partial charge in [-0.2, -0.15) is 20.8 Å². The van der Waals surface area contributed by atoms with Crippen molar-refractivity contribution in [2.75, 3.05) is 6.61 Å². The van der Waals surface area contributed by atoms with Gasteiger partial charge in [0.25, 0.3) is 5.78 Å². The van der Waals surface area contributed by atoms with Crippen LogP contribution in [0.25, 0.3) is 16.8 Å². The van der Waals surface area contributed by atoms with Crippen molar-refractivity contribution in [2.45, 2.75) is 13.0 Å². The fourth-order valence-corrected chi connectivity index (χ4v) is 2.14. The maximum Gasteiger partial charge on any atom is 0.357 e. The van der Waals surface area contributed by atoms with Crippen LogP contribution < -0.4 is 0 Å². The quantitative estimate of drug-likeness (QED) is 0.524. The van der Waals surface area contributed by atoms with Crippen molar-refractivity contribution in [1.29, 1.82) is 10.5 Å². The van der Waals surface area contributed by atoms with Crippen molar-refractivity contribution < 1.29 is 9.53 Å². The summed E-state index contributed by atoms with van der Waals surface area (Å²) in [5, 5.41) is 33.0. The van der Waals surface area contributed by atoms with E-state index in [2.05, 4.69) is 25.4 Å². The fraction of sp³-hybridized carbons (Fsp3) is 0.200. The van der Waals surface area contributed by atoms with E-state index in [0.717, 1.165) is 0 Å². The minimum absolute atomic E-state index is 0.206. The van der Waals surface area contributed by atoms with Crippen molar-refractivity contribution in [3.8, 4) is 12.1 Å². The van der Waals surface area contributed by atoms with Gasteiger partial charge in [0.2, 0.25) is 6.04 Å². The summed E-state index contributed by atoms with van der Waals surface area (Å²) in [4.78, 5) is 16.1. The Hall–Kier alpha value is -3.92. The van der Waals surface area contributed by atoms with Gasteiger partial charge in [-0.15, -0.1) is 10.2 Å². The van der Waals surface area contributed by atoms with Crippen LogP contribution in [0.2, 0.25) is 0 Å². The summed E-state index contributed by atoms with van der Waals surface area (Å²) >= 11 is 0. The molecule has 1 aromatic carbocycles. The Bertz CT molecular complexity index is 1060. The van der Waals surface area contributed by atoms with Gasteiger partial charge in [0.15, 0.2) is 5.69 Å². The highest BCUT2D eigenvalue weighted by atomic mass is 16.5. The number of carbonyl (C=O) groups is 1. The van der Waals surface area contributed by atoms with E-state index in [1.54, 1.807) is 37.3 Å². The molecule has 0 fully saturated rings. The molecule has 0 radical (unpaired) electrons. The number of carbonyl (C=O) groups excluding carboxylic acids is 1. The lowest BCUT2D eigenvalue weighted by molar-refractivity contribution is 0.0518. The van der Waals surface area contributed by atoms with Gasteiger partial charge in [0, 0.05) is 0 Å². The van der Waals surface area contributed by atoms with Crippen molar-refractivity contribution in [3.05, 3.63) is 30.1 Å². The Labute approximate surface area is 141 Å². The van der Waals surface area contributed by atoms with Crippen LogP contribution in [0.5, 0.6) is 0 Å². The van der Waals surface area contributed by atoms with E-state index in [9.17, 15) is 4.79 Å². The Balaban J connectivity index is 2.16. The number of ether oxygens (including phenoxy) is 1. The van der Waals surface area contributed by atoms with Gasteiger partial charge >= 0.3 is 5.97 Å². The molecule has 0 N–H and O–H groups in total. The minimum atomic E-state index is -1.19. The molecule has 3 rings (SSSR count). The molecule has 122 valence electrons. The largest absolute Gasteiger partial charge is 0.461 e. The van der Waals surface area contributed by atoms with Gasteiger partial charge in [-0.25, -0.2) is 9.78 Å². The van der Waals surface area contributed by atoms with Crippen LogP contribution in [0.3, 0.4) is 0 Å². The molecule has 0 aliphatic rings. The van der Waals surface area contributed by atoms with Crippen LogP contribution in [-0.2, 0) is 4.74 Å². The summed E-state index contributed by atoms with van der Waals surface area (Å²) in [7, 11) is 0. The number of rotatable bonds is 4. The number of nitriles is 2. The molecule has 0 unspecified atom stereocenters. The van der Waals surface area contributed by atoms with Crippen LogP contribution in [-0.4, -0.2) is 38.2 Å². The molecule has 10 nitrogen and oxygen atoms in total. The highest BCUT2D eigenvalue weighted by molar-refractivity contribution is 5.91. The smallest absolute Gasteiger partial charge is 0.357 e. The normalized spacial score (nSPS) is 11.0. The highest BCUT2D eigenvalue weighted by Gasteiger charge is 2.17. The number of azo groups is 1. The van der Waals surface area contributed by atoms with Gasteiger partial charge in [-0.05, 0) is 25.1 Å². The first-order chi connectivity index (χ1) is 12.2. The molecule has 0 saturated carbocycles. The molecule has 0 spiro atoms. The molecule has 0 aliphatic heterocycles. The van der Waals surface area contributed by atoms with E-state index in [0.29, 0.717) is 16.7 Å². The van der Waals surface area contributed by atoms with E-state index in [4.69, 9.17) is 15.3 Å². The zero-order chi connectivity index (χ0) is 17.8. The molecule has 10 heteroatoms. The molecule has 0 bridgehead atoms. The van der Waals surface area contributed by atoms with E-state index in [1.165, 1.54) is 10.6 Å². The Morgan fingerprint density at radius 2 is 2.16 bits per heavy atom. The summed E-state index contributed by atoms with van der Waals surface area (Å²) in [6.45, 7) is 1.93. The zero-order valence-corrected chi connectivity index (χ0v) is 13.0. The maximum atomic E-state index is 12.1. The van der Waals surface area contributed by atoms with Crippen LogP contribution >= 0.6 is 0 Å². The molecule has 2 heterocycles. The number of benzene rings is 1. The minimum Gasteiger partial charge on any atom is -0.461 e. The van der Waals surface area contributed by atoms with Crippen molar-refractivity contribution >= 4 is 28.5 Å². The average molecular weight is 334 g/mol. The summed E-state index contributed by atoms with van der Waals surface area (Å²) < 4.78 is 6.52. The lowest BCUT2D eigenvalue weighted by atomic mass is 10.2. The lowest BCUT2D eigenvalue weighted by Gasteiger charge is -2.05. The summed E-state index contributed by atoms with van der Waals surface area (Å²) in [6, 6.07) is 7.08. The van der Waals surface area contributed by atoms with Crippen molar-refractivity contribution in [1.82, 2.24) is 19.6 Å². The van der Waals surface area contributed by atoms with E-state index in [1.807, 2.05) is 0 Å². The first-order valence-corrected chi connectivity index (χ1v) is 7.19. The number of fused-ring (bicyclic) bond motifs is 3. The second-order valence-electron chi connectivity index (χ2n) is 4.75. The predicted molar refractivity (Wildman–Crippen MR) is 83.8 cm³/mol. The molecule has 0 aliphatic carbocycles. The Morgan fingerprint density at radius 3 is 2.88 bits per heavy atom. The molecular formula is C15H10N8O2. The molecule has 0 saturated heterocycles. The Morgan fingerprint density at radius 1 is 1.36 bits per heavy atom. The van der Waals surface area contributed by atoms with Gasteiger partial charge in [0.05, 0.1) is 24.0 Å². The summed E-state index contributed by atoms with van der Waals surface area (Å²) in [5.74, 6) is -0.304. The monoisotopic (exact) mass is 334 g/mol. The van der Waals surface area contributed by atoms with Crippen molar-refractivity contribution in [3.63, 3.8) is 0 Å². The second kappa shape index (κ2) is 6.68. The average Bonchev–Trinajstić information content (AvgIpc) is 3.07. The highest BCUT2D eigenvalue weighted by Crippen LogP contribution is 2.22. The number of imidazole rings is 1. The van der Waals surface area contributed by atoms with Crippen molar-refractivity contribution in [2.24, 2.45) is 10.2 Å². The van der Waals surface area contributed by atoms with Crippen LogP contribution in [0.1, 0.15) is 17.4 Å². The van der Waals surface area contributed by atoms with Crippen LogP contribution in [0, 0.1) is 22.7 Å². The fourth-order valence-electron chi connectivity index (χ4n) is 2.14. The summed E-state index contributed by atoms with van der Waals surface area (Å²) in [6.07, 6.45) is 1.36. The van der Waals surface area contributed by atoms with E-state index >= 15 is 0 Å². The molecule has 0 atom stereocenters. The van der Waals surface area contributed by atoms with Gasteiger partial charge < -0.3 is 4.74 Å². The number of hydrogen-bond donors (Lipinski definition) is 0. The number of esters is 1. The van der Waals surface area contributed by atoms with E-state index < -0.39 is 12.0 Å². The molecule has 0 amide bonds. The standard InChI is InChI=1S/C15H10N8O2/c1-2-25-14(24)13-8-18-15-22-21-11-4-3-9(5-12(11)23(13)15)19-20-10(6-16)7-17/h3-5,8,10H,2H2,1H3/b20-19+. The van der Waals surface area contributed by atoms with Gasteiger partial charge in [0.1, 0.15) is 17.7 Å². The number of aromatic nitrogens is 4. The van der Waals surface area contributed by atoms with Gasteiger partial charge in [-0.1, -0.05) is 0 Å². The number of hydrogen-bond acceptors (Lipinski definition) is 9. The summed E-state index contributed by atoms with van der Waals surface area (Å²) in [5.41, 5.74) is 1.62. The molecule has 3 aromatic rings. The second-order valence-corrected chi connectivity index (χ2v) is 4.75. The predicted octanol–water partition coefficient (Wildman–Crippen LogP) is 1.95. The van der Waals surface area contributed by atoms with Gasteiger partial charge in [-0.3, -0.25) is 4.40 Å². The maximum absolute atomic E-state index is 12.1. The third-order valence-corrected chi connectivity index (χ3v) is 3.21. The zero-order valence-electron chi connectivity index (χ0n) is 13.0. The first kappa shape index (κ1) is 16.0. The number of nitrogens with zero attached hydrogens (tertiary/aromatic N) is 8. The topological polar surface area (TPSA) is 142 Å². The molecule has 2 aromatic heterocycles. The van der Waals surface area contributed by atoms with Crippen LogP contribution in [0.15, 0.2) is 34.6 Å². The lowest BCUT2D eigenvalue weighted by Crippen LogP contribution is -2.09. The first-order valence-electron chi connectivity index (χ1n) is 7.19.